The number of benzene rings is 2. The highest BCUT2D eigenvalue weighted by Crippen LogP contribution is 2.35. The molecular formula is C20H21FN2O7. The van der Waals surface area contributed by atoms with Crippen LogP contribution >= 0.6 is 0 Å². The number of nitro benzene ring substituents is 1. The quantitative estimate of drug-likeness (QED) is 0.367. The first-order valence-corrected chi connectivity index (χ1v) is 8.78. The summed E-state index contributed by atoms with van der Waals surface area (Å²) in [6, 6.07) is 7.89. The maximum atomic E-state index is 13.3. The highest BCUT2D eigenvalue weighted by Gasteiger charge is 2.29. The van der Waals surface area contributed by atoms with E-state index in [-0.39, 0.29) is 23.6 Å². The number of nitro groups is 1. The van der Waals surface area contributed by atoms with Gasteiger partial charge in [0.05, 0.1) is 25.2 Å². The molecule has 0 aromatic heterocycles. The average Bonchev–Trinajstić information content (AvgIpc) is 2.71. The van der Waals surface area contributed by atoms with Crippen LogP contribution in [0.1, 0.15) is 22.8 Å². The molecule has 0 spiro atoms. The third kappa shape index (κ3) is 5.22. The van der Waals surface area contributed by atoms with Crippen LogP contribution in [-0.4, -0.2) is 49.1 Å². The van der Waals surface area contributed by atoms with Crippen LogP contribution in [0.2, 0.25) is 0 Å². The Morgan fingerprint density at radius 2 is 1.80 bits per heavy atom. The molecule has 0 saturated heterocycles. The highest BCUT2D eigenvalue weighted by atomic mass is 19.1. The number of hydrogen-bond donors (Lipinski definition) is 0. The summed E-state index contributed by atoms with van der Waals surface area (Å²) in [5.41, 5.74) is -0.379. The van der Waals surface area contributed by atoms with E-state index >= 15 is 0 Å². The molecule has 2 rings (SSSR count). The molecule has 0 aliphatic carbocycles. The number of nitrogens with zero attached hydrogens (tertiary/aromatic N) is 2. The van der Waals surface area contributed by atoms with E-state index in [0.717, 1.165) is 12.1 Å². The number of likely N-dealkylation sites (N-methyl/N-ethyl adjacent to an activating group) is 1. The Morgan fingerprint density at radius 3 is 2.37 bits per heavy atom. The molecule has 10 heteroatoms. The molecule has 0 aliphatic heterocycles. The molecule has 0 radical (unpaired) electrons. The molecular weight excluding hydrogens is 399 g/mol. The Balaban J connectivity index is 2.18. The SMILES string of the molecule is COc1cc(C(=O)O[C@H](C)C(=O)N(C)Cc2cccc(F)c2)c([N+](=O)[O-])cc1OC. The van der Waals surface area contributed by atoms with E-state index in [1.54, 1.807) is 6.07 Å². The maximum absolute atomic E-state index is 13.3. The van der Waals surface area contributed by atoms with Gasteiger partial charge in [0.15, 0.2) is 17.6 Å². The molecule has 0 heterocycles. The first-order valence-electron chi connectivity index (χ1n) is 8.78. The van der Waals surface area contributed by atoms with Crippen molar-refractivity contribution in [2.45, 2.75) is 19.6 Å². The number of ether oxygens (including phenoxy) is 3. The number of carbonyl (C=O) groups excluding carboxylic acids is 2. The Labute approximate surface area is 172 Å². The number of hydrogen-bond acceptors (Lipinski definition) is 7. The van der Waals surface area contributed by atoms with Gasteiger partial charge in [-0.3, -0.25) is 14.9 Å². The predicted molar refractivity (Wildman–Crippen MR) is 104 cm³/mol. The Morgan fingerprint density at radius 1 is 1.17 bits per heavy atom. The zero-order chi connectivity index (χ0) is 22.4. The lowest BCUT2D eigenvalue weighted by molar-refractivity contribution is -0.385. The number of esters is 1. The van der Waals surface area contributed by atoms with Crippen molar-refractivity contribution in [3.05, 3.63) is 63.5 Å². The fourth-order valence-corrected chi connectivity index (χ4v) is 2.75. The summed E-state index contributed by atoms with van der Waals surface area (Å²) in [6.45, 7) is 1.43. The summed E-state index contributed by atoms with van der Waals surface area (Å²) >= 11 is 0. The molecule has 0 bridgehead atoms. The summed E-state index contributed by atoms with van der Waals surface area (Å²) < 4.78 is 28.5. The normalized spacial score (nSPS) is 11.4. The minimum absolute atomic E-state index is 0.0692. The second-order valence-corrected chi connectivity index (χ2v) is 6.35. The van der Waals surface area contributed by atoms with Gasteiger partial charge in [-0.1, -0.05) is 12.1 Å². The van der Waals surface area contributed by atoms with E-state index in [4.69, 9.17) is 14.2 Å². The smallest absolute Gasteiger partial charge is 0.346 e. The zero-order valence-electron chi connectivity index (χ0n) is 16.9. The molecule has 30 heavy (non-hydrogen) atoms. The zero-order valence-corrected chi connectivity index (χ0v) is 16.9. The summed E-state index contributed by atoms with van der Waals surface area (Å²) in [6.07, 6.45) is -1.23. The third-order valence-electron chi connectivity index (χ3n) is 4.24. The van der Waals surface area contributed by atoms with Crippen LogP contribution in [0.3, 0.4) is 0 Å². The summed E-state index contributed by atoms with van der Waals surface area (Å²) in [5.74, 6) is -1.90. The largest absolute Gasteiger partial charge is 0.493 e. The minimum atomic E-state index is -1.23. The van der Waals surface area contributed by atoms with Crippen molar-refractivity contribution in [2.24, 2.45) is 0 Å². The lowest BCUT2D eigenvalue weighted by Gasteiger charge is -2.21. The Hall–Kier alpha value is -3.69. The molecule has 2 aromatic rings. The van der Waals surface area contributed by atoms with Gasteiger partial charge in [-0.25, -0.2) is 9.18 Å². The number of halogens is 1. The second kappa shape index (κ2) is 9.68. The predicted octanol–water partition coefficient (Wildman–Crippen LogP) is 2.96. The van der Waals surface area contributed by atoms with Crippen LogP contribution in [0.4, 0.5) is 10.1 Å². The lowest BCUT2D eigenvalue weighted by Crippen LogP contribution is -2.37. The van der Waals surface area contributed by atoms with Crippen LogP contribution in [0.15, 0.2) is 36.4 Å². The van der Waals surface area contributed by atoms with Gasteiger partial charge < -0.3 is 19.1 Å². The van der Waals surface area contributed by atoms with Crippen LogP contribution in [0.25, 0.3) is 0 Å². The van der Waals surface area contributed by atoms with Gasteiger partial charge in [0, 0.05) is 19.7 Å². The number of rotatable bonds is 8. The van der Waals surface area contributed by atoms with Gasteiger partial charge in [-0.05, 0) is 24.6 Å². The van der Waals surface area contributed by atoms with E-state index in [9.17, 15) is 24.1 Å². The highest BCUT2D eigenvalue weighted by molar-refractivity contribution is 5.96. The Kier molecular flexibility index (Phi) is 7.29. The van der Waals surface area contributed by atoms with E-state index in [1.807, 2.05) is 0 Å². The molecule has 2 aromatic carbocycles. The van der Waals surface area contributed by atoms with Gasteiger partial charge >= 0.3 is 5.97 Å². The van der Waals surface area contributed by atoms with Crippen molar-refractivity contribution in [3.8, 4) is 11.5 Å². The van der Waals surface area contributed by atoms with Gasteiger partial charge in [-0.15, -0.1) is 0 Å². The van der Waals surface area contributed by atoms with Gasteiger partial charge in [-0.2, -0.15) is 0 Å². The molecule has 9 nitrogen and oxygen atoms in total. The van der Waals surface area contributed by atoms with Crippen LogP contribution < -0.4 is 9.47 Å². The van der Waals surface area contributed by atoms with Crippen LogP contribution in [0, 0.1) is 15.9 Å². The molecule has 160 valence electrons. The Bertz CT molecular complexity index is 964. The van der Waals surface area contributed by atoms with E-state index in [0.29, 0.717) is 5.56 Å². The van der Waals surface area contributed by atoms with Crippen molar-refractivity contribution in [1.82, 2.24) is 4.90 Å². The van der Waals surface area contributed by atoms with Crippen LogP contribution in [-0.2, 0) is 16.1 Å². The maximum Gasteiger partial charge on any atom is 0.346 e. The molecule has 0 aliphatic rings. The molecule has 0 fully saturated rings. The summed E-state index contributed by atoms with van der Waals surface area (Å²) in [7, 11) is 4.08. The molecule has 0 N–H and O–H groups in total. The van der Waals surface area contributed by atoms with Crippen molar-refractivity contribution in [1.29, 1.82) is 0 Å². The van der Waals surface area contributed by atoms with Crippen molar-refractivity contribution < 1.29 is 33.1 Å². The molecule has 0 saturated carbocycles. The monoisotopic (exact) mass is 420 g/mol. The van der Waals surface area contributed by atoms with Crippen LogP contribution in [0.5, 0.6) is 11.5 Å². The topological polar surface area (TPSA) is 108 Å². The fraction of sp³-hybridized carbons (Fsp3) is 0.300. The van der Waals surface area contributed by atoms with E-state index in [2.05, 4.69) is 0 Å². The number of carbonyl (C=O) groups is 2. The molecule has 1 atom stereocenters. The number of amides is 1. The summed E-state index contributed by atoms with van der Waals surface area (Å²) in [4.78, 5) is 36.9. The van der Waals surface area contributed by atoms with Gasteiger partial charge in [0.25, 0.3) is 11.6 Å². The van der Waals surface area contributed by atoms with E-state index in [1.165, 1.54) is 51.3 Å². The minimum Gasteiger partial charge on any atom is -0.493 e. The molecule has 0 unspecified atom stereocenters. The average molecular weight is 420 g/mol. The summed E-state index contributed by atoms with van der Waals surface area (Å²) in [5, 5.41) is 11.3. The fourth-order valence-electron chi connectivity index (χ4n) is 2.75. The standard InChI is InChI=1S/C20H21FN2O7/c1-12(19(24)22(2)11-13-6-5-7-14(21)8-13)30-20(25)15-9-17(28-3)18(29-4)10-16(15)23(26)27/h5-10,12H,11H2,1-4H3/t12-/m1/s1. The third-order valence-corrected chi connectivity index (χ3v) is 4.24. The van der Waals surface area contributed by atoms with Gasteiger partial charge in [0.2, 0.25) is 0 Å². The van der Waals surface area contributed by atoms with E-state index < -0.39 is 34.4 Å². The van der Waals surface area contributed by atoms with Crippen molar-refractivity contribution in [2.75, 3.05) is 21.3 Å². The lowest BCUT2D eigenvalue weighted by atomic mass is 10.1. The second-order valence-electron chi connectivity index (χ2n) is 6.35. The van der Waals surface area contributed by atoms with Crippen molar-refractivity contribution >= 4 is 17.6 Å². The number of methoxy groups -OCH3 is 2. The van der Waals surface area contributed by atoms with Crippen molar-refractivity contribution in [3.63, 3.8) is 0 Å². The first kappa shape index (κ1) is 22.6. The molecule has 1 amide bonds. The first-order chi connectivity index (χ1) is 14.2. The van der Waals surface area contributed by atoms with Gasteiger partial charge in [0.1, 0.15) is 11.4 Å².